The van der Waals surface area contributed by atoms with Gasteiger partial charge in [0.25, 0.3) is 5.91 Å². The second-order valence-corrected chi connectivity index (χ2v) is 7.08. The van der Waals surface area contributed by atoms with Crippen LogP contribution in [0.5, 0.6) is 0 Å². The molecule has 0 radical (unpaired) electrons. The lowest BCUT2D eigenvalue weighted by atomic mass is 10.0. The Kier molecular flexibility index (Phi) is 5.33. The molecule has 0 saturated carbocycles. The smallest absolute Gasteiger partial charge is 0.272 e. The molecule has 0 spiro atoms. The zero-order chi connectivity index (χ0) is 17.1. The van der Waals surface area contributed by atoms with Crippen LogP contribution in [0.25, 0.3) is 0 Å². The third-order valence-corrected chi connectivity index (χ3v) is 5.13. The SMILES string of the molecule is CCN1CCN(C(=O)c2cc(N3CCCC(C)C3)nc(C)n2)CC1. The van der Waals surface area contributed by atoms with Gasteiger partial charge in [0.1, 0.15) is 17.3 Å². The molecule has 6 nitrogen and oxygen atoms in total. The van der Waals surface area contributed by atoms with Crippen molar-refractivity contribution in [3.05, 3.63) is 17.6 Å². The van der Waals surface area contributed by atoms with Gasteiger partial charge >= 0.3 is 0 Å². The van der Waals surface area contributed by atoms with Gasteiger partial charge in [-0.3, -0.25) is 4.79 Å². The van der Waals surface area contributed by atoms with Crippen molar-refractivity contribution in [1.29, 1.82) is 0 Å². The van der Waals surface area contributed by atoms with Crippen LogP contribution in [-0.2, 0) is 0 Å². The van der Waals surface area contributed by atoms with E-state index in [0.29, 0.717) is 17.4 Å². The second kappa shape index (κ2) is 7.47. The van der Waals surface area contributed by atoms with Crippen LogP contribution in [-0.4, -0.2) is 71.5 Å². The third-order valence-electron chi connectivity index (χ3n) is 5.13. The molecule has 1 aromatic heterocycles. The summed E-state index contributed by atoms with van der Waals surface area (Å²) in [6.07, 6.45) is 2.46. The first-order chi connectivity index (χ1) is 11.6. The first-order valence-electron chi connectivity index (χ1n) is 9.19. The molecule has 1 aromatic rings. The zero-order valence-electron chi connectivity index (χ0n) is 15.2. The number of likely N-dealkylation sites (N-methyl/N-ethyl adjacent to an activating group) is 1. The predicted molar refractivity (Wildman–Crippen MR) is 95.4 cm³/mol. The van der Waals surface area contributed by atoms with Gasteiger partial charge in [-0.25, -0.2) is 9.97 Å². The number of nitrogens with zero attached hydrogens (tertiary/aromatic N) is 5. The average molecular weight is 331 g/mol. The third kappa shape index (κ3) is 3.86. The van der Waals surface area contributed by atoms with E-state index in [1.165, 1.54) is 12.8 Å². The Labute approximate surface area is 144 Å². The number of piperidine rings is 1. The largest absolute Gasteiger partial charge is 0.356 e. The van der Waals surface area contributed by atoms with Crippen LogP contribution in [0.2, 0.25) is 0 Å². The number of hydrogen-bond acceptors (Lipinski definition) is 5. The minimum atomic E-state index is 0.0440. The first kappa shape index (κ1) is 17.1. The highest BCUT2D eigenvalue weighted by Gasteiger charge is 2.24. The maximum atomic E-state index is 12.8. The molecule has 6 heteroatoms. The molecule has 24 heavy (non-hydrogen) atoms. The number of aromatic nitrogens is 2. The Morgan fingerprint density at radius 1 is 1.21 bits per heavy atom. The molecule has 0 bridgehead atoms. The summed E-state index contributed by atoms with van der Waals surface area (Å²) in [5.74, 6) is 2.31. The zero-order valence-corrected chi connectivity index (χ0v) is 15.2. The van der Waals surface area contributed by atoms with Crippen LogP contribution in [0.1, 0.15) is 43.0 Å². The monoisotopic (exact) mass is 331 g/mol. The fourth-order valence-corrected chi connectivity index (χ4v) is 3.65. The molecule has 2 aliphatic rings. The molecule has 132 valence electrons. The molecule has 3 rings (SSSR count). The van der Waals surface area contributed by atoms with Gasteiger partial charge in [-0.15, -0.1) is 0 Å². The quantitative estimate of drug-likeness (QED) is 0.845. The number of anilines is 1. The number of piperazine rings is 1. The second-order valence-electron chi connectivity index (χ2n) is 7.08. The molecule has 2 saturated heterocycles. The van der Waals surface area contributed by atoms with E-state index in [2.05, 4.69) is 33.6 Å². The Morgan fingerprint density at radius 2 is 1.96 bits per heavy atom. The predicted octanol–water partition coefficient (Wildman–Crippen LogP) is 1.80. The van der Waals surface area contributed by atoms with Gasteiger partial charge in [0.05, 0.1) is 0 Å². The molecule has 2 aliphatic heterocycles. The summed E-state index contributed by atoms with van der Waals surface area (Å²) < 4.78 is 0. The maximum Gasteiger partial charge on any atom is 0.272 e. The van der Waals surface area contributed by atoms with Crippen molar-refractivity contribution in [2.24, 2.45) is 5.92 Å². The fraction of sp³-hybridized carbons (Fsp3) is 0.722. The van der Waals surface area contributed by atoms with Crippen molar-refractivity contribution in [2.75, 3.05) is 50.7 Å². The molecule has 0 N–H and O–H groups in total. The van der Waals surface area contributed by atoms with Crippen molar-refractivity contribution in [3.63, 3.8) is 0 Å². The molecule has 0 aliphatic carbocycles. The molecule has 1 unspecified atom stereocenters. The number of carbonyl (C=O) groups is 1. The van der Waals surface area contributed by atoms with Crippen LogP contribution < -0.4 is 4.90 Å². The van der Waals surface area contributed by atoms with E-state index >= 15 is 0 Å². The maximum absolute atomic E-state index is 12.8. The lowest BCUT2D eigenvalue weighted by Gasteiger charge is -2.34. The van der Waals surface area contributed by atoms with E-state index < -0.39 is 0 Å². The Bertz CT molecular complexity index is 583. The highest BCUT2D eigenvalue weighted by Crippen LogP contribution is 2.22. The van der Waals surface area contributed by atoms with E-state index in [-0.39, 0.29) is 5.91 Å². The normalized spacial score (nSPS) is 22.7. The summed E-state index contributed by atoms with van der Waals surface area (Å²) in [5, 5.41) is 0. The number of hydrogen-bond donors (Lipinski definition) is 0. The highest BCUT2D eigenvalue weighted by molar-refractivity contribution is 5.93. The van der Waals surface area contributed by atoms with E-state index in [4.69, 9.17) is 0 Å². The first-order valence-corrected chi connectivity index (χ1v) is 9.19. The van der Waals surface area contributed by atoms with Gasteiger partial charge in [-0.2, -0.15) is 0 Å². The summed E-state index contributed by atoms with van der Waals surface area (Å²) in [6.45, 7) is 12.9. The fourth-order valence-electron chi connectivity index (χ4n) is 3.65. The molecule has 1 atom stereocenters. The van der Waals surface area contributed by atoms with Gasteiger partial charge in [-0.1, -0.05) is 13.8 Å². The molecule has 2 fully saturated rings. The van der Waals surface area contributed by atoms with Crippen LogP contribution >= 0.6 is 0 Å². The van der Waals surface area contributed by atoms with Crippen molar-refractivity contribution in [1.82, 2.24) is 19.8 Å². The highest BCUT2D eigenvalue weighted by atomic mass is 16.2. The standard InChI is InChI=1S/C18H29N5O/c1-4-21-8-10-22(11-9-21)18(24)16-12-17(20-15(3)19-16)23-7-5-6-14(2)13-23/h12,14H,4-11,13H2,1-3H3. The molecular formula is C18H29N5O. The van der Waals surface area contributed by atoms with Crippen LogP contribution in [0.15, 0.2) is 6.07 Å². The lowest BCUT2D eigenvalue weighted by Crippen LogP contribution is -2.48. The van der Waals surface area contributed by atoms with Gasteiger partial charge in [-0.05, 0) is 32.2 Å². The van der Waals surface area contributed by atoms with Crippen LogP contribution in [0.4, 0.5) is 5.82 Å². The van der Waals surface area contributed by atoms with E-state index in [9.17, 15) is 4.79 Å². The number of amides is 1. The topological polar surface area (TPSA) is 52.6 Å². The van der Waals surface area contributed by atoms with Gasteiger partial charge in [0, 0.05) is 45.3 Å². The summed E-state index contributed by atoms with van der Waals surface area (Å²) in [5.41, 5.74) is 0.542. The Balaban J connectivity index is 1.74. The van der Waals surface area contributed by atoms with Crippen molar-refractivity contribution in [3.8, 4) is 0 Å². The molecule has 0 aromatic carbocycles. The van der Waals surface area contributed by atoms with Gasteiger partial charge in [0.2, 0.25) is 0 Å². The summed E-state index contributed by atoms with van der Waals surface area (Å²) in [4.78, 5) is 28.4. The minimum absolute atomic E-state index is 0.0440. The van der Waals surface area contributed by atoms with Gasteiger partial charge < -0.3 is 14.7 Å². The van der Waals surface area contributed by atoms with Crippen LogP contribution in [0.3, 0.4) is 0 Å². The minimum Gasteiger partial charge on any atom is -0.356 e. The van der Waals surface area contributed by atoms with Crippen LogP contribution in [0, 0.1) is 12.8 Å². The van der Waals surface area contributed by atoms with E-state index in [1.54, 1.807) is 0 Å². The number of aryl methyl sites for hydroxylation is 1. The van der Waals surface area contributed by atoms with Crippen molar-refractivity contribution in [2.45, 2.75) is 33.6 Å². The molecular weight excluding hydrogens is 302 g/mol. The number of carbonyl (C=O) groups excluding carboxylic acids is 1. The Hall–Kier alpha value is -1.69. The lowest BCUT2D eigenvalue weighted by molar-refractivity contribution is 0.0637. The van der Waals surface area contributed by atoms with Crippen molar-refractivity contribution >= 4 is 11.7 Å². The average Bonchev–Trinajstić information content (AvgIpc) is 2.60. The van der Waals surface area contributed by atoms with E-state index in [0.717, 1.165) is 51.6 Å². The van der Waals surface area contributed by atoms with Crippen molar-refractivity contribution < 1.29 is 4.79 Å². The summed E-state index contributed by atoms with van der Waals surface area (Å²) in [7, 11) is 0. The molecule has 3 heterocycles. The number of rotatable bonds is 3. The van der Waals surface area contributed by atoms with E-state index in [1.807, 2.05) is 17.9 Å². The summed E-state index contributed by atoms with van der Waals surface area (Å²) >= 11 is 0. The van der Waals surface area contributed by atoms with Gasteiger partial charge in [0.15, 0.2) is 0 Å². The Morgan fingerprint density at radius 3 is 2.62 bits per heavy atom. The molecule has 1 amide bonds. The summed E-state index contributed by atoms with van der Waals surface area (Å²) in [6, 6.07) is 1.89.